The van der Waals surface area contributed by atoms with Crippen LogP contribution in [0.4, 0.5) is 0 Å². The Bertz CT molecular complexity index is 356. The molecule has 86 valence electrons. The van der Waals surface area contributed by atoms with Gasteiger partial charge in [-0.25, -0.2) is 0 Å². The van der Waals surface area contributed by atoms with E-state index in [2.05, 4.69) is 24.0 Å². The lowest BCUT2D eigenvalue weighted by atomic mass is 9.85. The van der Waals surface area contributed by atoms with E-state index < -0.39 is 0 Å². The monoisotopic (exact) mass is 217 g/mol. The van der Waals surface area contributed by atoms with E-state index in [9.17, 15) is 4.79 Å². The molecule has 0 radical (unpaired) electrons. The molecule has 1 aromatic heterocycles. The fraction of sp³-hybridized carbons (Fsp3) is 0.571. The van der Waals surface area contributed by atoms with Gasteiger partial charge in [0.15, 0.2) is 0 Å². The third-order valence-electron chi connectivity index (χ3n) is 3.43. The van der Waals surface area contributed by atoms with Crippen molar-refractivity contribution < 1.29 is 4.79 Å². The van der Waals surface area contributed by atoms with Gasteiger partial charge in [-0.3, -0.25) is 9.78 Å². The van der Waals surface area contributed by atoms with Crippen molar-refractivity contribution in [1.82, 2.24) is 4.98 Å². The van der Waals surface area contributed by atoms with Crippen LogP contribution in [0, 0.1) is 5.92 Å². The summed E-state index contributed by atoms with van der Waals surface area (Å²) in [7, 11) is 0. The van der Waals surface area contributed by atoms with E-state index in [4.69, 9.17) is 0 Å². The van der Waals surface area contributed by atoms with Crippen LogP contribution in [0.1, 0.15) is 43.9 Å². The normalized spacial score (nSPS) is 21.1. The molecule has 1 heterocycles. The number of aryl methyl sites for hydroxylation is 1. The van der Waals surface area contributed by atoms with Gasteiger partial charge in [-0.05, 0) is 37.3 Å². The van der Waals surface area contributed by atoms with Crippen molar-refractivity contribution in [2.45, 2.75) is 45.4 Å². The third kappa shape index (κ3) is 2.69. The van der Waals surface area contributed by atoms with E-state index in [1.54, 1.807) is 0 Å². The van der Waals surface area contributed by atoms with Crippen molar-refractivity contribution in [3.05, 3.63) is 29.6 Å². The standard InChI is InChI=1S/C14H19NO/c1-2-11-7-8-13(15-10-11)9-12-5-3-4-6-14(12)16/h7-8,10,12H,2-6,9H2,1H3. The molecule has 1 aliphatic carbocycles. The highest BCUT2D eigenvalue weighted by molar-refractivity contribution is 5.81. The Labute approximate surface area is 97.1 Å². The van der Waals surface area contributed by atoms with Crippen molar-refractivity contribution in [2.24, 2.45) is 5.92 Å². The summed E-state index contributed by atoms with van der Waals surface area (Å²) in [5, 5.41) is 0. The summed E-state index contributed by atoms with van der Waals surface area (Å²) in [4.78, 5) is 16.1. The summed E-state index contributed by atoms with van der Waals surface area (Å²) < 4.78 is 0. The second-order valence-corrected chi connectivity index (χ2v) is 4.62. The summed E-state index contributed by atoms with van der Waals surface area (Å²) in [6.07, 6.45) is 7.90. The van der Waals surface area contributed by atoms with Crippen LogP contribution >= 0.6 is 0 Å². The fourth-order valence-corrected chi connectivity index (χ4v) is 2.31. The highest BCUT2D eigenvalue weighted by Crippen LogP contribution is 2.23. The largest absolute Gasteiger partial charge is 0.299 e. The Kier molecular flexibility index (Phi) is 3.70. The molecule has 1 aliphatic rings. The summed E-state index contributed by atoms with van der Waals surface area (Å²) >= 11 is 0. The molecular formula is C14H19NO. The quantitative estimate of drug-likeness (QED) is 0.779. The first kappa shape index (κ1) is 11.3. The molecule has 16 heavy (non-hydrogen) atoms. The number of carbonyl (C=O) groups excluding carboxylic acids is 1. The lowest BCUT2D eigenvalue weighted by molar-refractivity contribution is -0.124. The SMILES string of the molecule is CCc1ccc(CC2CCCCC2=O)nc1. The number of carbonyl (C=O) groups is 1. The molecular weight excluding hydrogens is 198 g/mol. The number of rotatable bonds is 3. The first-order valence-corrected chi connectivity index (χ1v) is 6.26. The van der Waals surface area contributed by atoms with Crippen molar-refractivity contribution in [2.75, 3.05) is 0 Å². The minimum Gasteiger partial charge on any atom is -0.299 e. The van der Waals surface area contributed by atoms with Gasteiger partial charge >= 0.3 is 0 Å². The van der Waals surface area contributed by atoms with Gasteiger partial charge in [0.25, 0.3) is 0 Å². The van der Waals surface area contributed by atoms with E-state index in [0.29, 0.717) is 5.78 Å². The minimum absolute atomic E-state index is 0.230. The Hall–Kier alpha value is -1.18. The van der Waals surface area contributed by atoms with Crippen LogP contribution in [0.5, 0.6) is 0 Å². The van der Waals surface area contributed by atoms with E-state index in [-0.39, 0.29) is 5.92 Å². The molecule has 0 spiro atoms. The van der Waals surface area contributed by atoms with Gasteiger partial charge in [0.1, 0.15) is 5.78 Å². The topological polar surface area (TPSA) is 30.0 Å². The van der Waals surface area contributed by atoms with Crippen molar-refractivity contribution >= 4 is 5.78 Å². The van der Waals surface area contributed by atoms with Gasteiger partial charge in [0.2, 0.25) is 0 Å². The lowest BCUT2D eigenvalue weighted by Crippen LogP contribution is -2.21. The van der Waals surface area contributed by atoms with Gasteiger partial charge in [-0.1, -0.05) is 19.4 Å². The molecule has 2 nitrogen and oxygen atoms in total. The minimum atomic E-state index is 0.230. The lowest BCUT2D eigenvalue weighted by Gasteiger charge is -2.19. The predicted octanol–water partition coefficient (Wildman–Crippen LogP) is 2.95. The number of hydrogen-bond acceptors (Lipinski definition) is 2. The molecule has 0 aromatic carbocycles. The van der Waals surface area contributed by atoms with Gasteiger partial charge in [0.05, 0.1) is 0 Å². The van der Waals surface area contributed by atoms with Crippen molar-refractivity contribution in [1.29, 1.82) is 0 Å². The van der Waals surface area contributed by atoms with E-state index in [1.807, 2.05) is 6.20 Å². The van der Waals surface area contributed by atoms with Gasteiger partial charge in [0, 0.05) is 24.2 Å². The average molecular weight is 217 g/mol. The van der Waals surface area contributed by atoms with Gasteiger partial charge in [-0.2, -0.15) is 0 Å². The van der Waals surface area contributed by atoms with Crippen LogP contribution in [0.25, 0.3) is 0 Å². The van der Waals surface area contributed by atoms with Crippen LogP contribution in [-0.2, 0) is 17.6 Å². The van der Waals surface area contributed by atoms with Crippen LogP contribution in [0.2, 0.25) is 0 Å². The molecule has 1 saturated carbocycles. The molecule has 1 fully saturated rings. The van der Waals surface area contributed by atoms with Crippen molar-refractivity contribution in [3.8, 4) is 0 Å². The van der Waals surface area contributed by atoms with Gasteiger partial charge < -0.3 is 0 Å². The first-order chi connectivity index (χ1) is 7.79. The molecule has 0 bridgehead atoms. The van der Waals surface area contributed by atoms with Crippen LogP contribution in [0.3, 0.4) is 0 Å². The highest BCUT2D eigenvalue weighted by Gasteiger charge is 2.22. The number of Topliss-reactive ketones (excluding diaryl/α,β-unsaturated/α-hetero) is 1. The number of hydrogen-bond donors (Lipinski definition) is 0. The Balaban J connectivity index is 1.99. The van der Waals surface area contributed by atoms with Crippen LogP contribution in [-0.4, -0.2) is 10.8 Å². The summed E-state index contributed by atoms with van der Waals surface area (Å²) in [5.74, 6) is 0.668. The Morgan fingerprint density at radius 3 is 2.88 bits per heavy atom. The average Bonchev–Trinajstić information content (AvgIpc) is 2.33. The van der Waals surface area contributed by atoms with Crippen LogP contribution < -0.4 is 0 Å². The Morgan fingerprint density at radius 2 is 2.25 bits per heavy atom. The summed E-state index contributed by atoms with van der Waals surface area (Å²) in [6, 6.07) is 4.19. The zero-order chi connectivity index (χ0) is 11.4. The molecule has 1 atom stereocenters. The maximum absolute atomic E-state index is 11.7. The second-order valence-electron chi connectivity index (χ2n) is 4.62. The fourth-order valence-electron chi connectivity index (χ4n) is 2.31. The smallest absolute Gasteiger partial charge is 0.136 e. The first-order valence-electron chi connectivity index (χ1n) is 6.26. The van der Waals surface area contributed by atoms with Crippen LogP contribution in [0.15, 0.2) is 18.3 Å². The molecule has 2 heteroatoms. The maximum atomic E-state index is 11.7. The zero-order valence-electron chi connectivity index (χ0n) is 9.91. The van der Waals surface area contributed by atoms with E-state index in [1.165, 1.54) is 12.0 Å². The number of pyridine rings is 1. The molecule has 1 unspecified atom stereocenters. The number of aromatic nitrogens is 1. The number of ketones is 1. The highest BCUT2D eigenvalue weighted by atomic mass is 16.1. The molecule has 0 amide bonds. The maximum Gasteiger partial charge on any atom is 0.136 e. The predicted molar refractivity (Wildman–Crippen MR) is 64.3 cm³/mol. The van der Waals surface area contributed by atoms with Gasteiger partial charge in [-0.15, -0.1) is 0 Å². The van der Waals surface area contributed by atoms with E-state index in [0.717, 1.165) is 37.8 Å². The number of nitrogens with zero attached hydrogens (tertiary/aromatic N) is 1. The van der Waals surface area contributed by atoms with Crippen molar-refractivity contribution in [3.63, 3.8) is 0 Å². The zero-order valence-corrected chi connectivity index (χ0v) is 9.91. The summed E-state index contributed by atoms with van der Waals surface area (Å²) in [6.45, 7) is 2.13. The van der Waals surface area contributed by atoms with E-state index >= 15 is 0 Å². The molecule has 2 rings (SSSR count). The molecule has 0 N–H and O–H groups in total. The second kappa shape index (κ2) is 5.24. The molecule has 0 aliphatic heterocycles. The third-order valence-corrected chi connectivity index (χ3v) is 3.43. The Morgan fingerprint density at radius 1 is 1.38 bits per heavy atom. The molecule has 1 aromatic rings. The molecule has 0 saturated heterocycles. The summed E-state index contributed by atoms with van der Waals surface area (Å²) in [5.41, 5.74) is 2.33.